The quantitative estimate of drug-likeness (QED) is 0.373. The average molecular weight is 486 g/mol. The van der Waals surface area contributed by atoms with Gasteiger partial charge in [0.2, 0.25) is 5.91 Å². The van der Waals surface area contributed by atoms with Crippen molar-refractivity contribution in [3.8, 4) is 11.5 Å². The number of methoxy groups -OCH3 is 1. The lowest BCUT2D eigenvalue weighted by atomic mass is 10.2. The Morgan fingerprint density at radius 2 is 1.79 bits per heavy atom. The summed E-state index contributed by atoms with van der Waals surface area (Å²) in [6.07, 6.45) is -2.88. The summed E-state index contributed by atoms with van der Waals surface area (Å²) in [6.45, 7) is 4.71. The van der Waals surface area contributed by atoms with Crippen LogP contribution in [0.25, 0.3) is 6.08 Å². The summed E-state index contributed by atoms with van der Waals surface area (Å²) in [5.41, 5.74) is 1.77. The van der Waals surface area contributed by atoms with Crippen LogP contribution >= 0.6 is 0 Å². The van der Waals surface area contributed by atoms with Crippen LogP contribution in [0, 0.1) is 13.8 Å². The molecular weight excluding hydrogens is 459 g/mol. The maximum Gasteiger partial charge on any atom is 0.390 e. The van der Waals surface area contributed by atoms with Crippen molar-refractivity contribution in [2.24, 2.45) is 0 Å². The van der Waals surface area contributed by atoms with Gasteiger partial charge in [0.05, 0.1) is 13.5 Å². The minimum Gasteiger partial charge on any atom is -0.493 e. The lowest BCUT2D eigenvalue weighted by Gasteiger charge is -2.19. The maximum atomic E-state index is 12.8. The molecule has 0 bridgehead atoms. The lowest BCUT2D eigenvalue weighted by molar-refractivity contribution is -0.143. The largest absolute Gasteiger partial charge is 0.493 e. The molecule has 0 aliphatic rings. The second kappa shape index (κ2) is 10.7. The summed E-state index contributed by atoms with van der Waals surface area (Å²) in [4.78, 5) is 13.3. The highest BCUT2D eigenvalue weighted by Gasteiger charge is 2.28. The van der Waals surface area contributed by atoms with Crippen LogP contribution in [0.15, 0.2) is 47.4 Å². The number of rotatable bonds is 9. The topological polar surface area (TPSA) is 72.9 Å². The Kier molecular flexibility index (Phi) is 8.54. The van der Waals surface area contributed by atoms with Crippen molar-refractivity contribution in [1.29, 1.82) is 0 Å². The van der Waals surface area contributed by atoms with Crippen molar-refractivity contribution < 1.29 is 35.3 Å². The van der Waals surface area contributed by atoms with Gasteiger partial charge in [-0.2, -0.15) is 21.6 Å². The van der Waals surface area contributed by atoms with Crippen LogP contribution in [0.2, 0.25) is 0 Å². The van der Waals surface area contributed by atoms with Crippen LogP contribution in [-0.2, 0) is 14.9 Å². The minimum atomic E-state index is -4.35. The lowest BCUT2D eigenvalue weighted by Crippen LogP contribution is -2.32. The smallest absolute Gasteiger partial charge is 0.390 e. The molecule has 0 saturated heterocycles. The molecular formula is C23H26F3NO5S. The SMILES string of the molecule is CCN(CCC(F)(F)F)C(=O)/C=C/c1ccc(OS(=O)(=O)c2cc(C)ccc2C)c(OC)c1. The molecule has 0 heterocycles. The maximum absolute atomic E-state index is 12.8. The van der Waals surface area contributed by atoms with E-state index in [1.165, 1.54) is 37.5 Å². The number of hydrogen-bond donors (Lipinski definition) is 0. The predicted octanol–water partition coefficient (Wildman–Crippen LogP) is 4.89. The molecule has 0 N–H and O–H groups in total. The van der Waals surface area contributed by atoms with Gasteiger partial charge >= 0.3 is 16.3 Å². The molecule has 0 spiro atoms. The first kappa shape index (κ1) is 26.2. The fraction of sp³-hybridized carbons (Fsp3) is 0.348. The molecule has 0 aliphatic carbocycles. The first-order valence-electron chi connectivity index (χ1n) is 10.1. The van der Waals surface area contributed by atoms with Crippen molar-refractivity contribution in [2.75, 3.05) is 20.2 Å². The molecule has 1 amide bonds. The third-order valence-electron chi connectivity index (χ3n) is 4.78. The fourth-order valence-electron chi connectivity index (χ4n) is 2.96. The zero-order valence-electron chi connectivity index (χ0n) is 18.8. The number of ether oxygens (including phenoxy) is 1. The summed E-state index contributed by atoms with van der Waals surface area (Å²) < 4.78 is 73.3. The Labute approximate surface area is 191 Å². The molecule has 180 valence electrons. The Morgan fingerprint density at radius 1 is 1.09 bits per heavy atom. The van der Waals surface area contributed by atoms with E-state index in [9.17, 15) is 26.4 Å². The molecule has 0 fully saturated rings. The minimum absolute atomic E-state index is 0.0395. The molecule has 33 heavy (non-hydrogen) atoms. The van der Waals surface area contributed by atoms with Crippen molar-refractivity contribution in [1.82, 2.24) is 4.90 Å². The second-order valence-electron chi connectivity index (χ2n) is 7.33. The van der Waals surface area contributed by atoms with Crippen molar-refractivity contribution >= 4 is 22.1 Å². The molecule has 0 atom stereocenters. The Balaban J connectivity index is 2.20. The van der Waals surface area contributed by atoms with Crippen LogP contribution in [0.4, 0.5) is 13.2 Å². The van der Waals surface area contributed by atoms with Gasteiger partial charge < -0.3 is 13.8 Å². The number of halogens is 3. The molecule has 0 aliphatic heterocycles. The van der Waals surface area contributed by atoms with E-state index in [4.69, 9.17) is 8.92 Å². The van der Waals surface area contributed by atoms with Gasteiger partial charge in [-0.25, -0.2) is 0 Å². The summed E-state index contributed by atoms with van der Waals surface area (Å²) in [5, 5.41) is 0. The molecule has 2 aromatic rings. The summed E-state index contributed by atoms with van der Waals surface area (Å²) in [6, 6.07) is 9.34. The number of carbonyl (C=O) groups is 1. The molecule has 0 radical (unpaired) electrons. The van der Waals surface area contributed by atoms with Crippen LogP contribution in [0.5, 0.6) is 11.5 Å². The van der Waals surface area contributed by atoms with Gasteiger partial charge in [0.25, 0.3) is 0 Å². The standard InChI is InChI=1S/C23H26F3NO5S/c1-5-27(13-12-23(24,25)26)22(28)11-9-18-8-10-19(20(15-18)31-4)32-33(29,30)21-14-16(2)6-7-17(21)3/h6-11,14-15H,5,12-13H2,1-4H3/b11-9+. The predicted molar refractivity (Wildman–Crippen MR) is 119 cm³/mol. The third-order valence-corrected chi connectivity index (χ3v) is 6.15. The Hall–Kier alpha value is -3.01. The van der Waals surface area contributed by atoms with E-state index in [2.05, 4.69) is 0 Å². The van der Waals surface area contributed by atoms with E-state index in [1.54, 1.807) is 32.9 Å². The summed E-state index contributed by atoms with van der Waals surface area (Å²) in [7, 11) is -2.79. The van der Waals surface area contributed by atoms with Gasteiger partial charge in [-0.05, 0) is 61.7 Å². The molecule has 10 heteroatoms. The number of hydrogen-bond acceptors (Lipinski definition) is 5. The van der Waals surface area contributed by atoms with Gasteiger partial charge in [0.15, 0.2) is 11.5 Å². The highest BCUT2D eigenvalue weighted by atomic mass is 32.2. The van der Waals surface area contributed by atoms with Crippen molar-refractivity contribution in [2.45, 2.75) is 38.3 Å². The average Bonchev–Trinajstić information content (AvgIpc) is 2.74. The highest BCUT2D eigenvalue weighted by molar-refractivity contribution is 7.87. The van der Waals surface area contributed by atoms with Crippen molar-refractivity contribution in [3.05, 3.63) is 59.2 Å². The number of carbonyl (C=O) groups excluding carboxylic acids is 1. The van der Waals surface area contributed by atoms with Crippen molar-refractivity contribution in [3.63, 3.8) is 0 Å². The highest BCUT2D eigenvalue weighted by Crippen LogP contribution is 2.32. The normalized spacial score (nSPS) is 12.1. The van der Waals surface area contributed by atoms with Gasteiger partial charge in [-0.1, -0.05) is 18.2 Å². The molecule has 6 nitrogen and oxygen atoms in total. The number of aryl methyl sites for hydroxylation is 2. The molecule has 2 aromatic carbocycles. The summed E-state index contributed by atoms with van der Waals surface area (Å²) >= 11 is 0. The van der Waals surface area contributed by atoms with Gasteiger partial charge in [-0.15, -0.1) is 0 Å². The molecule has 0 unspecified atom stereocenters. The van der Waals surface area contributed by atoms with E-state index in [-0.39, 0.29) is 22.9 Å². The first-order chi connectivity index (χ1) is 15.4. The third kappa shape index (κ3) is 7.52. The zero-order valence-corrected chi connectivity index (χ0v) is 19.6. The van der Waals surface area contributed by atoms with E-state index in [1.807, 2.05) is 0 Å². The van der Waals surface area contributed by atoms with E-state index >= 15 is 0 Å². The van der Waals surface area contributed by atoms with Crippen LogP contribution in [-0.4, -0.2) is 45.6 Å². The molecule has 0 saturated carbocycles. The Morgan fingerprint density at radius 3 is 2.39 bits per heavy atom. The van der Waals surface area contributed by atoms with E-state index in [0.717, 1.165) is 16.5 Å². The van der Waals surface area contributed by atoms with Crippen LogP contribution in [0.3, 0.4) is 0 Å². The van der Waals surface area contributed by atoms with E-state index in [0.29, 0.717) is 11.1 Å². The molecule has 0 aromatic heterocycles. The Bertz CT molecular complexity index is 1130. The second-order valence-corrected chi connectivity index (χ2v) is 8.85. The van der Waals surface area contributed by atoms with Crippen LogP contribution < -0.4 is 8.92 Å². The number of likely N-dealkylation sites (N-methyl/N-ethyl adjacent to an activating group) is 1. The van der Waals surface area contributed by atoms with Gasteiger partial charge in [0, 0.05) is 19.2 Å². The fourth-order valence-corrected chi connectivity index (χ4v) is 4.21. The van der Waals surface area contributed by atoms with Crippen LogP contribution in [0.1, 0.15) is 30.0 Å². The number of benzene rings is 2. The first-order valence-corrected chi connectivity index (χ1v) is 11.5. The van der Waals surface area contributed by atoms with Gasteiger partial charge in [-0.3, -0.25) is 4.79 Å². The number of nitrogens with zero attached hydrogens (tertiary/aromatic N) is 1. The van der Waals surface area contributed by atoms with E-state index < -0.39 is 35.2 Å². The number of amides is 1. The monoisotopic (exact) mass is 485 g/mol. The van der Waals surface area contributed by atoms with Gasteiger partial charge in [0.1, 0.15) is 4.90 Å². The number of alkyl halides is 3. The molecule has 2 rings (SSSR count). The summed E-state index contributed by atoms with van der Waals surface area (Å²) in [5.74, 6) is -0.497. The zero-order chi connectivity index (χ0) is 24.8.